The number of carboxylic acids is 1. The summed E-state index contributed by atoms with van der Waals surface area (Å²) in [7, 11) is 3.19. The summed E-state index contributed by atoms with van der Waals surface area (Å²) < 4.78 is 10.6. The second-order valence-corrected chi connectivity index (χ2v) is 5.05. The predicted molar refractivity (Wildman–Crippen MR) is 81.9 cm³/mol. The number of para-hydroxylation sites is 1. The fourth-order valence-electron chi connectivity index (χ4n) is 2.41. The molecule has 1 rings (SSSR count). The fourth-order valence-corrected chi connectivity index (χ4v) is 2.41. The molecule has 0 bridgehead atoms. The minimum absolute atomic E-state index is 0.426. The summed E-state index contributed by atoms with van der Waals surface area (Å²) >= 11 is 0. The minimum atomic E-state index is -0.752. The Hall–Kier alpha value is -1.75. The number of ether oxygens (including phenoxy) is 2. The first-order valence-corrected chi connectivity index (χ1v) is 7.18. The van der Waals surface area contributed by atoms with Crippen molar-refractivity contribution in [3.63, 3.8) is 0 Å². The second-order valence-electron chi connectivity index (χ2n) is 5.05. The lowest BCUT2D eigenvalue weighted by Crippen LogP contribution is -2.40. The average molecular weight is 295 g/mol. The Bertz CT molecular complexity index is 469. The zero-order valence-corrected chi connectivity index (χ0v) is 13.2. The highest BCUT2D eigenvalue weighted by molar-refractivity contribution is 5.74. The quantitative estimate of drug-likeness (QED) is 0.733. The molecule has 0 aromatic heterocycles. The molecule has 0 amide bonds. The van der Waals surface area contributed by atoms with E-state index < -0.39 is 11.4 Å². The number of carbonyl (C=O) groups is 1. The molecule has 5 heteroatoms. The van der Waals surface area contributed by atoms with Crippen LogP contribution in [0.3, 0.4) is 0 Å². The van der Waals surface area contributed by atoms with Gasteiger partial charge >= 0.3 is 5.97 Å². The molecule has 0 unspecified atom stereocenters. The average Bonchev–Trinajstić information content (AvgIpc) is 2.51. The Kier molecular flexibility index (Phi) is 6.49. The lowest BCUT2D eigenvalue weighted by Gasteiger charge is -2.27. The van der Waals surface area contributed by atoms with Gasteiger partial charge in [0.2, 0.25) is 0 Å². The van der Waals surface area contributed by atoms with Gasteiger partial charge in [-0.05, 0) is 18.9 Å². The van der Waals surface area contributed by atoms with Crippen molar-refractivity contribution in [1.82, 2.24) is 5.32 Å². The molecule has 5 nitrogen and oxygen atoms in total. The zero-order chi connectivity index (χ0) is 15.9. The van der Waals surface area contributed by atoms with Gasteiger partial charge in [-0.1, -0.05) is 26.0 Å². The molecule has 0 saturated carbocycles. The fraction of sp³-hybridized carbons (Fsp3) is 0.562. The molecule has 0 saturated heterocycles. The van der Waals surface area contributed by atoms with E-state index in [0.29, 0.717) is 37.4 Å². The molecule has 0 fully saturated rings. The molecule has 0 spiro atoms. The Labute approximate surface area is 126 Å². The maximum Gasteiger partial charge on any atom is 0.310 e. The summed E-state index contributed by atoms with van der Waals surface area (Å²) in [6.45, 7) is 4.78. The summed E-state index contributed by atoms with van der Waals surface area (Å²) in [4.78, 5) is 11.5. The number of carboxylic acid groups (broad SMARTS) is 1. The summed E-state index contributed by atoms with van der Waals surface area (Å²) in [5, 5.41) is 12.7. The maximum atomic E-state index is 11.5. The first-order chi connectivity index (χ1) is 10.0. The summed E-state index contributed by atoms with van der Waals surface area (Å²) in [5.41, 5.74) is 0.231. The summed E-state index contributed by atoms with van der Waals surface area (Å²) in [6.07, 6.45) is 1.20. The number of hydrogen-bond acceptors (Lipinski definition) is 4. The molecular weight excluding hydrogens is 270 g/mol. The van der Waals surface area contributed by atoms with E-state index in [1.54, 1.807) is 14.2 Å². The third-order valence-corrected chi connectivity index (χ3v) is 4.07. The molecule has 21 heavy (non-hydrogen) atoms. The molecule has 0 radical (unpaired) electrons. The predicted octanol–water partition coefficient (Wildman–Crippen LogP) is 2.68. The van der Waals surface area contributed by atoms with Crippen LogP contribution in [0.4, 0.5) is 0 Å². The van der Waals surface area contributed by atoms with Gasteiger partial charge < -0.3 is 19.9 Å². The highest BCUT2D eigenvalue weighted by atomic mass is 16.5. The molecule has 0 atom stereocenters. The molecular formula is C16H25NO4. The lowest BCUT2D eigenvalue weighted by atomic mass is 9.82. The monoisotopic (exact) mass is 295 g/mol. The SMILES string of the molecule is CCC(CC)(CNCc1cccc(OC)c1OC)C(=O)O. The molecule has 1 aromatic carbocycles. The van der Waals surface area contributed by atoms with Gasteiger partial charge in [0.15, 0.2) is 11.5 Å². The molecule has 0 aliphatic carbocycles. The summed E-state index contributed by atoms with van der Waals surface area (Å²) in [5.74, 6) is 0.603. The number of hydrogen-bond donors (Lipinski definition) is 2. The van der Waals surface area contributed by atoms with Crippen LogP contribution in [0.25, 0.3) is 0 Å². The van der Waals surface area contributed by atoms with Crippen LogP contribution in [0.5, 0.6) is 11.5 Å². The van der Waals surface area contributed by atoms with E-state index in [0.717, 1.165) is 5.56 Å². The van der Waals surface area contributed by atoms with Crippen molar-refractivity contribution >= 4 is 5.97 Å². The Morgan fingerprint density at radius 1 is 1.24 bits per heavy atom. The number of aliphatic carboxylic acids is 1. The van der Waals surface area contributed by atoms with Crippen LogP contribution in [0.15, 0.2) is 18.2 Å². The third-order valence-electron chi connectivity index (χ3n) is 4.07. The van der Waals surface area contributed by atoms with Gasteiger partial charge in [0.25, 0.3) is 0 Å². The van der Waals surface area contributed by atoms with Crippen LogP contribution in [-0.2, 0) is 11.3 Å². The Morgan fingerprint density at radius 2 is 1.90 bits per heavy atom. The standard InChI is InChI=1S/C16H25NO4/c1-5-16(6-2,15(18)19)11-17-10-12-8-7-9-13(20-3)14(12)21-4/h7-9,17H,5-6,10-11H2,1-4H3,(H,18,19). The lowest BCUT2D eigenvalue weighted by molar-refractivity contribution is -0.149. The first-order valence-electron chi connectivity index (χ1n) is 7.18. The number of methoxy groups -OCH3 is 2. The Balaban J connectivity index is 2.78. The minimum Gasteiger partial charge on any atom is -0.493 e. The normalized spacial score (nSPS) is 11.2. The van der Waals surface area contributed by atoms with Crippen molar-refractivity contribution in [3.8, 4) is 11.5 Å². The number of benzene rings is 1. The van der Waals surface area contributed by atoms with Crippen LogP contribution in [0.2, 0.25) is 0 Å². The molecule has 118 valence electrons. The van der Waals surface area contributed by atoms with Gasteiger partial charge in [-0.15, -0.1) is 0 Å². The van der Waals surface area contributed by atoms with Crippen LogP contribution in [-0.4, -0.2) is 31.8 Å². The van der Waals surface area contributed by atoms with Gasteiger partial charge in [-0.25, -0.2) is 0 Å². The topological polar surface area (TPSA) is 67.8 Å². The van der Waals surface area contributed by atoms with E-state index in [4.69, 9.17) is 9.47 Å². The van der Waals surface area contributed by atoms with Crippen molar-refractivity contribution < 1.29 is 19.4 Å². The third kappa shape index (κ3) is 3.88. The van der Waals surface area contributed by atoms with Crippen molar-refractivity contribution in [1.29, 1.82) is 0 Å². The van der Waals surface area contributed by atoms with Crippen LogP contribution >= 0.6 is 0 Å². The van der Waals surface area contributed by atoms with Crippen LogP contribution in [0, 0.1) is 5.41 Å². The summed E-state index contributed by atoms with van der Waals surface area (Å²) in [6, 6.07) is 5.67. The van der Waals surface area contributed by atoms with Gasteiger partial charge in [-0.2, -0.15) is 0 Å². The van der Waals surface area contributed by atoms with E-state index in [-0.39, 0.29) is 0 Å². The van der Waals surface area contributed by atoms with Gasteiger partial charge in [0.05, 0.1) is 19.6 Å². The van der Waals surface area contributed by atoms with Crippen molar-refractivity contribution in [2.24, 2.45) is 5.41 Å². The van der Waals surface area contributed by atoms with Crippen LogP contribution in [0.1, 0.15) is 32.3 Å². The molecule has 0 aliphatic rings. The smallest absolute Gasteiger partial charge is 0.310 e. The first kappa shape index (κ1) is 17.3. The van der Waals surface area contributed by atoms with Gasteiger partial charge in [0.1, 0.15) is 0 Å². The number of rotatable bonds is 9. The van der Waals surface area contributed by atoms with E-state index in [9.17, 15) is 9.90 Å². The largest absolute Gasteiger partial charge is 0.493 e. The molecule has 2 N–H and O–H groups in total. The van der Waals surface area contributed by atoms with E-state index in [2.05, 4.69) is 5.32 Å². The van der Waals surface area contributed by atoms with Crippen LogP contribution < -0.4 is 14.8 Å². The zero-order valence-electron chi connectivity index (χ0n) is 13.2. The van der Waals surface area contributed by atoms with Crippen molar-refractivity contribution in [3.05, 3.63) is 23.8 Å². The van der Waals surface area contributed by atoms with E-state index in [1.807, 2.05) is 32.0 Å². The van der Waals surface area contributed by atoms with E-state index >= 15 is 0 Å². The van der Waals surface area contributed by atoms with Crippen molar-refractivity contribution in [2.45, 2.75) is 33.2 Å². The van der Waals surface area contributed by atoms with Gasteiger partial charge in [-0.3, -0.25) is 4.79 Å². The second kappa shape index (κ2) is 7.88. The number of nitrogens with one attached hydrogen (secondary N) is 1. The highest BCUT2D eigenvalue weighted by Crippen LogP contribution is 2.31. The molecule has 0 heterocycles. The highest BCUT2D eigenvalue weighted by Gasteiger charge is 2.34. The van der Waals surface area contributed by atoms with Gasteiger partial charge in [0, 0.05) is 18.7 Å². The van der Waals surface area contributed by atoms with Crippen molar-refractivity contribution in [2.75, 3.05) is 20.8 Å². The molecule has 0 aliphatic heterocycles. The van der Waals surface area contributed by atoms with E-state index in [1.165, 1.54) is 0 Å². The Morgan fingerprint density at radius 3 is 2.38 bits per heavy atom. The molecule has 1 aromatic rings. The maximum absolute atomic E-state index is 11.5.